The molecule has 0 heterocycles. The van der Waals surface area contributed by atoms with Crippen molar-refractivity contribution < 1.29 is 6.85 Å². The molecule has 19 saturated carbocycles. The average molecular weight is 1450 g/mol. The highest BCUT2D eigenvalue weighted by atomic mass is 14.6. The quantitative estimate of drug-likeness (QED) is 0.264. The Balaban J connectivity index is 0.000000190. The molecule has 0 unspecified atom stereocenters. The summed E-state index contributed by atoms with van der Waals surface area (Å²) in [6.07, 6.45) is 76.5. The summed E-state index contributed by atoms with van der Waals surface area (Å²) in [4.78, 5) is 0. The first-order valence-electron chi connectivity index (χ1n) is 50.3. The van der Waals surface area contributed by atoms with Crippen LogP contribution in [0.25, 0.3) is 0 Å². The van der Waals surface area contributed by atoms with Gasteiger partial charge in [0.15, 0.2) is 0 Å². The highest BCUT2D eigenvalue weighted by Crippen LogP contribution is 2.63. The van der Waals surface area contributed by atoms with Crippen molar-refractivity contribution in [3.63, 3.8) is 0 Å². The van der Waals surface area contributed by atoms with E-state index in [4.69, 9.17) is 6.85 Å². The van der Waals surface area contributed by atoms with Gasteiger partial charge in [-0.1, -0.05) is 308 Å². The molecule has 0 aromatic rings. The van der Waals surface area contributed by atoms with Crippen molar-refractivity contribution in [1.82, 2.24) is 0 Å². The van der Waals surface area contributed by atoms with Crippen molar-refractivity contribution in [1.29, 1.82) is 0 Å². The SMILES string of the molecule is CC(C)(C)C.CC12CC3CC(CC(C3)C1)C2.CC1CCC(C2CCCCC2)CC1.CC1CCC2(CC1)CCC(C)(C)CC2.CC1CCC2(CCCC2)CC1.CC1CCC2(CCCCC2)CC1.CCC12CC3CC(CC(C3)C1)C2.C[C@@H]1C2CCC(CC2)C1(C)C.[2H]C(C)(C)C.[2H]C([2H])(C)C(C)(C)C.[2H]C([2H])(C)C(C)C. The Kier molecular flexibility index (Phi) is 35.0. The minimum absolute atomic E-state index is 0.132. The van der Waals surface area contributed by atoms with E-state index in [1.807, 2.05) is 55.4 Å². The number of hydrogen-bond donors (Lipinski definition) is 0. The van der Waals surface area contributed by atoms with Gasteiger partial charge in [0.2, 0.25) is 0 Å². The third-order valence-corrected chi connectivity index (χ3v) is 32.9. The van der Waals surface area contributed by atoms with Gasteiger partial charge in [-0.05, 0) is 355 Å². The monoisotopic (exact) mass is 1450 g/mol. The van der Waals surface area contributed by atoms with E-state index < -0.39 is 12.7 Å². The first kappa shape index (κ1) is 84.9. The maximum absolute atomic E-state index is 7.25. The number of fused-ring (bicyclic) bond motifs is 3. The van der Waals surface area contributed by atoms with Crippen LogP contribution in [-0.2, 0) is 0 Å². The van der Waals surface area contributed by atoms with Crippen LogP contribution in [0.4, 0.5) is 0 Å². The Morgan fingerprint density at radius 2 is 0.635 bits per heavy atom. The fraction of sp³-hybridized carbons (Fsp3) is 1.00. The van der Waals surface area contributed by atoms with Gasteiger partial charge in [0.05, 0.1) is 0 Å². The molecule has 0 aromatic carbocycles. The van der Waals surface area contributed by atoms with Crippen LogP contribution in [0.2, 0.25) is 0 Å². The molecular formula is C104H198. The molecule has 19 rings (SSSR count). The van der Waals surface area contributed by atoms with Crippen LogP contribution < -0.4 is 0 Å². The highest BCUT2D eigenvalue weighted by Gasteiger charge is 2.51. The van der Waals surface area contributed by atoms with Crippen LogP contribution in [0.5, 0.6) is 0 Å². The van der Waals surface area contributed by atoms with E-state index in [1.54, 1.807) is 168 Å². The zero-order chi connectivity index (χ0) is 81.3. The predicted octanol–water partition coefficient (Wildman–Crippen LogP) is 35.6. The average Bonchev–Trinajstić information content (AvgIpc) is 1.10. The van der Waals surface area contributed by atoms with Crippen molar-refractivity contribution in [2.45, 2.75) is 513 Å². The van der Waals surface area contributed by atoms with E-state index in [2.05, 4.69) is 104 Å². The van der Waals surface area contributed by atoms with E-state index in [0.717, 1.165) is 116 Å². The Morgan fingerprint density at radius 3 is 0.913 bits per heavy atom. The third-order valence-electron chi connectivity index (χ3n) is 32.9. The van der Waals surface area contributed by atoms with Crippen LogP contribution in [-0.4, -0.2) is 0 Å². The summed E-state index contributed by atoms with van der Waals surface area (Å²) in [5.41, 5.74) is 5.70. The van der Waals surface area contributed by atoms with E-state index in [-0.39, 0.29) is 17.2 Å². The van der Waals surface area contributed by atoms with Crippen LogP contribution in [0.1, 0.15) is 520 Å². The standard InChI is InChI=1S/C14H26.C13H24.C12H20.C12H22.C11H18.2C11H20.C6H14.2C5H12.C4H10/c1-12-4-6-14(7-5-12)10-8-13(2,3)9-11-14;1-11-7-9-13(10-8-11)12-5-3-2-4-6-12;1-2-12-6-9-3-10(7-12)5-11(4-9)8-12;1-11-5-9-12(10-6-11)7-3-2-4-8-12;1-11-5-8-2-9(6-11)4-10(3-8)7-11;1-8-9-4-6-10(7-5-9)11(8,2)3;1-10-4-8-11(9-5-10)6-2-3-7-11;1-5-6(2,3)4;1-5(2,3)4;1-4-5(2)3;1-4(2)3/h12H,4-11H2,1-3H3;11-13H,2-10H2,1H3;9-11H,2-8H2,1H3;11H,2-10H2,1H3;8-10H,2-7H2,1H3;8-10H,4-7H2,1-3H3;10H,2-9H2,1H3;5H2,1-4H3;1-4H3;5H,4H2,1-3H3;4H,1-3H3/t;;;;;8-,9?,10?;;;;;/m.....1...../s1/i;;;;;;;5D2;;4D2;4D. The van der Waals surface area contributed by atoms with Crippen molar-refractivity contribution in [3.05, 3.63) is 0 Å². The van der Waals surface area contributed by atoms with E-state index in [1.165, 1.54) is 173 Å². The lowest BCUT2D eigenvalue weighted by atomic mass is 9.49. The lowest BCUT2D eigenvalue weighted by molar-refractivity contribution is -0.0545. The zero-order valence-electron chi connectivity index (χ0n) is 81.3. The Morgan fingerprint density at radius 1 is 0.356 bits per heavy atom. The third kappa shape index (κ3) is 32.5. The molecule has 0 heteroatoms. The molecule has 0 amide bonds. The first-order valence-corrected chi connectivity index (χ1v) is 47.8. The highest BCUT2D eigenvalue weighted by molar-refractivity contribution is 5.02. The van der Waals surface area contributed by atoms with Crippen molar-refractivity contribution in [2.75, 3.05) is 0 Å². The number of hydrogen-bond acceptors (Lipinski definition) is 0. The Labute approximate surface area is 665 Å². The molecule has 19 fully saturated rings. The van der Waals surface area contributed by atoms with Gasteiger partial charge in [-0.25, -0.2) is 0 Å². The van der Waals surface area contributed by atoms with Gasteiger partial charge in [0.1, 0.15) is 0 Å². The molecule has 0 nitrogen and oxygen atoms in total. The topological polar surface area (TPSA) is 0 Å². The van der Waals surface area contributed by atoms with Gasteiger partial charge in [0, 0.05) is 6.85 Å². The molecule has 1 atom stereocenters. The fourth-order valence-corrected chi connectivity index (χ4v) is 25.5. The summed E-state index contributed by atoms with van der Waals surface area (Å²) in [5, 5.41) is 0. The molecule has 0 saturated heterocycles. The summed E-state index contributed by atoms with van der Waals surface area (Å²) < 4.78 is 35.5. The van der Waals surface area contributed by atoms with Crippen molar-refractivity contribution in [2.24, 2.45) is 149 Å². The smallest absolute Gasteiger partial charge is 0.0294 e. The molecule has 10 bridgehead atoms. The summed E-state index contributed by atoms with van der Waals surface area (Å²) in [6, 6.07) is 0. The number of rotatable bonds is 3. The summed E-state index contributed by atoms with van der Waals surface area (Å²) >= 11 is 0. The van der Waals surface area contributed by atoms with Gasteiger partial charge in [-0.3, -0.25) is 0 Å². The maximum atomic E-state index is 7.25. The van der Waals surface area contributed by atoms with Crippen LogP contribution in [0.3, 0.4) is 0 Å². The summed E-state index contributed by atoms with van der Waals surface area (Å²) in [5.74, 6) is 16.2. The Bertz CT molecular complexity index is 2310. The molecule has 0 aliphatic heterocycles. The minimum Gasteiger partial charge on any atom is -0.0651 e. The second kappa shape index (κ2) is 42.9. The van der Waals surface area contributed by atoms with Crippen LogP contribution >= 0.6 is 0 Å². The fourth-order valence-electron chi connectivity index (χ4n) is 25.5. The second-order valence-corrected chi connectivity index (χ2v) is 47.6. The van der Waals surface area contributed by atoms with E-state index >= 15 is 0 Å². The van der Waals surface area contributed by atoms with Gasteiger partial charge >= 0.3 is 0 Å². The van der Waals surface area contributed by atoms with Crippen molar-refractivity contribution >= 4 is 0 Å². The van der Waals surface area contributed by atoms with E-state index in [9.17, 15) is 0 Å². The van der Waals surface area contributed by atoms with Gasteiger partial charge in [0.25, 0.3) is 0 Å². The molecule has 104 heavy (non-hydrogen) atoms. The molecule has 19 aliphatic carbocycles. The predicted molar refractivity (Wildman–Crippen MR) is 468 cm³/mol. The zero-order valence-corrected chi connectivity index (χ0v) is 76.3. The molecule has 0 N–H and O–H groups in total. The lowest BCUT2D eigenvalue weighted by Crippen LogP contribution is -2.45. The normalized spacial score (nSPS) is 37.5. The maximum Gasteiger partial charge on any atom is 0.0294 e. The van der Waals surface area contributed by atoms with Gasteiger partial charge in [-0.2, -0.15) is 0 Å². The van der Waals surface area contributed by atoms with Gasteiger partial charge < -0.3 is 0 Å². The summed E-state index contributed by atoms with van der Waals surface area (Å²) in [7, 11) is 0. The first-order chi connectivity index (χ1) is 50.3. The molecule has 3 spiro atoms. The van der Waals surface area contributed by atoms with Crippen molar-refractivity contribution in [3.8, 4) is 0 Å². The summed E-state index contributed by atoms with van der Waals surface area (Å²) in [6.45, 7) is 53.9. The van der Waals surface area contributed by atoms with Crippen LogP contribution in [0, 0.1) is 149 Å². The van der Waals surface area contributed by atoms with E-state index in [0.29, 0.717) is 16.2 Å². The van der Waals surface area contributed by atoms with Crippen LogP contribution in [0.15, 0.2) is 0 Å². The van der Waals surface area contributed by atoms with Gasteiger partial charge in [-0.15, -0.1) is 0 Å². The Hall–Kier alpha value is 0. The second-order valence-electron chi connectivity index (χ2n) is 47.6. The lowest BCUT2D eigenvalue weighted by Gasteiger charge is -2.56. The molecule has 614 valence electrons. The largest absolute Gasteiger partial charge is 0.0651 e. The molecule has 0 radical (unpaired) electrons. The molecule has 0 aromatic heterocycles. The molecule has 19 aliphatic rings. The molecular weight excluding hydrogens is 1250 g/mol. The minimum atomic E-state index is -1.06.